The second-order valence-electron chi connectivity index (χ2n) is 8.99. The Labute approximate surface area is 206 Å². The molecule has 0 radical (unpaired) electrons. The van der Waals surface area contributed by atoms with Crippen LogP contribution < -0.4 is 5.32 Å². The average Bonchev–Trinajstić information content (AvgIpc) is 2.81. The number of nitrogens with one attached hydrogen (secondary N) is 1. The van der Waals surface area contributed by atoms with Gasteiger partial charge in [-0.1, -0.05) is 59.6 Å². The first-order valence-electron chi connectivity index (χ1n) is 11.8. The lowest BCUT2D eigenvalue weighted by Gasteiger charge is -2.35. The molecule has 5 heteroatoms. The maximum atomic E-state index is 13.0. The summed E-state index contributed by atoms with van der Waals surface area (Å²) >= 11 is 6.07. The van der Waals surface area contributed by atoms with Crippen molar-refractivity contribution in [3.63, 3.8) is 0 Å². The van der Waals surface area contributed by atoms with E-state index in [1.54, 1.807) is 6.07 Å². The summed E-state index contributed by atoms with van der Waals surface area (Å²) in [6.07, 6.45) is 3.80. The molecule has 4 rings (SSSR count). The molecule has 4 nitrogen and oxygen atoms in total. The summed E-state index contributed by atoms with van der Waals surface area (Å²) in [7, 11) is 0. The van der Waals surface area contributed by atoms with Gasteiger partial charge in [-0.25, -0.2) is 0 Å². The Bertz CT molecular complexity index is 1200. The first kappa shape index (κ1) is 24.1. The molecule has 0 aromatic heterocycles. The van der Waals surface area contributed by atoms with E-state index in [9.17, 15) is 9.90 Å². The molecule has 0 saturated carbocycles. The van der Waals surface area contributed by atoms with Crippen molar-refractivity contribution < 1.29 is 9.90 Å². The molecule has 1 heterocycles. The van der Waals surface area contributed by atoms with Crippen molar-refractivity contribution in [3.8, 4) is 5.75 Å². The van der Waals surface area contributed by atoms with Crippen molar-refractivity contribution in [2.45, 2.75) is 39.3 Å². The van der Waals surface area contributed by atoms with Crippen LogP contribution in [-0.4, -0.2) is 29.0 Å². The van der Waals surface area contributed by atoms with Crippen LogP contribution in [0.1, 0.15) is 58.9 Å². The second-order valence-corrected chi connectivity index (χ2v) is 9.42. The summed E-state index contributed by atoms with van der Waals surface area (Å²) in [5.74, 6) is 0.251. The zero-order valence-corrected chi connectivity index (χ0v) is 20.5. The molecule has 0 saturated heterocycles. The smallest absolute Gasteiger partial charge is 0.251 e. The molecular weight excluding hydrogens is 444 g/mol. The summed E-state index contributed by atoms with van der Waals surface area (Å²) in [5.41, 5.74) is 6.42. The van der Waals surface area contributed by atoms with Gasteiger partial charge < -0.3 is 10.4 Å². The maximum absolute atomic E-state index is 13.0. The summed E-state index contributed by atoms with van der Waals surface area (Å²) < 4.78 is 0. The minimum absolute atomic E-state index is 0.0473. The number of fused-ring (bicyclic) bond motifs is 1. The highest BCUT2D eigenvalue weighted by molar-refractivity contribution is 6.30. The van der Waals surface area contributed by atoms with Gasteiger partial charge >= 0.3 is 0 Å². The van der Waals surface area contributed by atoms with E-state index in [1.807, 2.05) is 60.7 Å². The molecule has 1 aliphatic heterocycles. The third kappa shape index (κ3) is 5.88. The fourth-order valence-corrected chi connectivity index (χ4v) is 4.79. The van der Waals surface area contributed by atoms with Crippen molar-refractivity contribution in [1.82, 2.24) is 10.2 Å². The summed E-state index contributed by atoms with van der Waals surface area (Å²) in [5, 5.41) is 13.7. The van der Waals surface area contributed by atoms with Crippen LogP contribution >= 0.6 is 11.6 Å². The number of nitrogens with zero attached hydrogens (tertiary/aromatic N) is 1. The molecule has 1 atom stereocenters. The zero-order valence-electron chi connectivity index (χ0n) is 19.7. The van der Waals surface area contributed by atoms with E-state index in [0.29, 0.717) is 24.4 Å². The lowest BCUT2D eigenvalue weighted by Crippen LogP contribution is -2.34. The van der Waals surface area contributed by atoms with Gasteiger partial charge in [0.1, 0.15) is 5.75 Å². The van der Waals surface area contributed by atoms with E-state index < -0.39 is 0 Å². The Morgan fingerprint density at radius 3 is 2.79 bits per heavy atom. The first-order valence-corrected chi connectivity index (χ1v) is 12.1. The fourth-order valence-electron chi connectivity index (χ4n) is 4.59. The molecule has 1 amide bonds. The van der Waals surface area contributed by atoms with Crippen LogP contribution in [0.4, 0.5) is 0 Å². The number of hydrogen-bond donors (Lipinski definition) is 2. The van der Waals surface area contributed by atoms with Gasteiger partial charge in [-0.3, -0.25) is 9.69 Å². The third-order valence-corrected chi connectivity index (χ3v) is 6.73. The van der Waals surface area contributed by atoms with Crippen molar-refractivity contribution in [2.75, 3.05) is 13.1 Å². The molecule has 0 spiro atoms. The number of halogens is 1. The number of rotatable bonds is 7. The summed E-state index contributed by atoms with van der Waals surface area (Å²) in [6.45, 7) is 6.41. The van der Waals surface area contributed by atoms with E-state index in [-0.39, 0.29) is 11.9 Å². The molecule has 3 aromatic carbocycles. The number of aromatic hydroxyl groups is 1. The van der Waals surface area contributed by atoms with Crippen LogP contribution in [0, 0.1) is 0 Å². The third-order valence-electron chi connectivity index (χ3n) is 6.50. The monoisotopic (exact) mass is 474 g/mol. The van der Waals surface area contributed by atoms with Gasteiger partial charge in [0.15, 0.2) is 0 Å². The second kappa shape index (κ2) is 10.9. The molecular formula is C29H31ClN2O2. The number of benzene rings is 3. The van der Waals surface area contributed by atoms with Crippen LogP contribution in [0.3, 0.4) is 0 Å². The molecule has 0 bridgehead atoms. The normalized spacial score (nSPS) is 16.2. The Morgan fingerprint density at radius 1 is 1.15 bits per heavy atom. The first-order chi connectivity index (χ1) is 16.4. The molecule has 0 aliphatic carbocycles. The van der Waals surface area contributed by atoms with E-state index in [2.05, 4.69) is 30.1 Å². The number of phenolic OH excluding ortho intramolecular Hbond substituents is 1. The quantitative estimate of drug-likeness (QED) is 0.417. The van der Waals surface area contributed by atoms with Gasteiger partial charge in [-0.05, 0) is 79.3 Å². The number of phenols is 1. The number of hydrogen-bond acceptors (Lipinski definition) is 3. The zero-order chi connectivity index (χ0) is 24.1. The number of carbonyl (C=O) groups is 1. The number of amides is 1. The summed E-state index contributed by atoms with van der Waals surface area (Å²) in [4.78, 5) is 15.4. The Kier molecular flexibility index (Phi) is 7.71. The van der Waals surface area contributed by atoms with Crippen molar-refractivity contribution >= 4 is 23.6 Å². The van der Waals surface area contributed by atoms with Gasteiger partial charge in [-0.2, -0.15) is 0 Å². The Balaban J connectivity index is 1.39. The Hall–Kier alpha value is -3.08. The van der Waals surface area contributed by atoms with E-state index in [1.165, 1.54) is 11.1 Å². The highest BCUT2D eigenvalue weighted by atomic mass is 35.5. The highest BCUT2D eigenvalue weighted by Gasteiger charge is 2.25. The molecule has 176 valence electrons. The minimum Gasteiger partial charge on any atom is -0.508 e. The molecule has 1 aliphatic rings. The molecule has 0 fully saturated rings. The van der Waals surface area contributed by atoms with E-state index in [0.717, 1.165) is 41.1 Å². The average molecular weight is 475 g/mol. The van der Waals surface area contributed by atoms with Crippen molar-refractivity contribution in [1.29, 1.82) is 0 Å². The largest absolute Gasteiger partial charge is 0.508 e. The van der Waals surface area contributed by atoms with Crippen LogP contribution in [-0.2, 0) is 13.0 Å². The maximum Gasteiger partial charge on any atom is 0.251 e. The summed E-state index contributed by atoms with van der Waals surface area (Å²) in [6, 6.07) is 21.4. The molecule has 1 unspecified atom stereocenters. The molecule has 3 aromatic rings. The van der Waals surface area contributed by atoms with Crippen molar-refractivity contribution in [2.24, 2.45) is 0 Å². The fraction of sp³-hybridized carbons (Fsp3) is 0.276. The van der Waals surface area contributed by atoms with Crippen molar-refractivity contribution in [3.05, 3.63) is 105 Å². The lowest BCUT2D eigenvalue weighted by molar-refractivity contribution is 0.0951. The SMILES string of the molecule is CC(=Cc1cccc(Cl)c1)CCNC(=O)c1ccccc1CN1CCc2ccc(O)cc2C1C. The Morgan fingerprint density at radius 2 is 1.97 bits per heavy atom. The van der Waals surface area contributed by atoms with Crippen LogP contribution in [0.5, 0.6) is 5.75 Å². The van der Waals surface area contributed by atoms with Crippen LogP contribution in [0.25, 0.3) is 6.08 Å². The minimum atomic E-state index is -0.0473. The van der Waals surface area contributed by atoms with Gasteiger partial charge in [0, 0.05) is 36.3 Å². The predicted molar refractivity (Wildman–Crippen MR) is 139 cm³/mol. The molecule has 2 N–H and O–H groups in total. The number of carbonyl (C=O) groups excluding carboxylic acids is 1. The van der Waals surface area contributed by atoms with Gasteiger partial charge in [0.25, 0.3) is 5.91 Å². The van der Waals surface area contributed by atoms with Gasteiger partial charge in [0.2, 0.25) is 0 Å². The van der Waals surface area contributed by atoms with Crippen LogP contribution in [0.15, 0.2) is 72.3 Å². The topological polar surface area (TPSA) is 52.6 Å². The lowest BCUT2D eigenvalue weighted by atomic mass is 9.92. The van der Waals surface area contributed by atoms with Gasteiger partial charge in [-0.15, -0.1) is 0 Å². The van der Waals surface area contributed by atoms with Crippen LogP contribution in [0.2, 0.25) is 5.02 Å². The van der Waals surface area contributed by atoms with E-state index >= 15 is 0 Å². The van der Waals surface area contributed by atoms with E-state index in [4.69, 9.17) is 11.6 Å². The standard InChI is InChI=1S/C29H31ClN2O2/c1-20(16-22-6-5-8-25(30)17-22)12-14-31-29(34)27-9-4-3-7-24(27)19-32-15-13-23-10-11-26(33)18-28(23)21(32)2/h3-11,16-18,21,33H,12-15,19H2,1-2H3,(H,31,34). The van der Waals surface area contributed by atoms with Gasteiger partial charge in [0.05, 0.1) is 0 Å². The molecule has 34 heavy (non-hydrogen) atoms. The predicted octanol–water partition coefficient (Wildman–Crippen LogP) is 6.39. The highest BCUT2D eigenvalue weighted by Crippen LogP contribution is 2.33.